The van der Waals surface area contributed by atoms with Crippen molar-refractivity contribution in [3.8, 4) is 0 Å². The lowest BCUT2D eigenvalue weighted by Crippen LogP contribution is -2.34. The Morgan fingerprint density at radius 1 is 1.11 bits per heavy atom. The topological polar surface area (TPSA) is 51.1 Å². The van der Waals surface area contributed by atoms with Gasteiger partial charge in [0.15, 0.2) is 0 Å². The largest absolute Gasteiger partial charge is 0.416 e. The number of benzene rings is 2. The Bertz CT molecular complexity index is 1390. The number of alkyl halides is 3. The zero-order valence-corrected chi connectivity index (χ0v) is 21.3. The number of nitrogens with one attached hydrogen (secondary N) is 1. The van der Waals surface area contributed by atoms with Gasteiger partial charge in [-0.25, -0.2) is 0 Å². The third-order valence-electron chi connectivity index (χ3n) is 7.70. The molecule has 10 heteroatoms. The molecule has 2 saturated carbocycles. The van der Waals surface area contributed by atoms with Gasteiger partial charge in [-0.2, -0.15) is 13.2 Å². The summed E-state index contributed by atoms with van der Waals surface area (Å²) in [4.78, 5) is 26.7. The Labute approximate surface area is 218 Å². The van der Waals surface area contributed by atoms with E-state index in [-0.39, 0.29) is 23.0 Å². The van der Waals surface area contributed by atoms with Gasteiger partial charge in [-0.15, -0.1) is 11.8 Å². The van der Waals surface area contributed by atoms with Crippen LogP contribution >= 0.6 is 34.7 Å². The SMILES string of the molecule is O=C(Cn1c2c(sc1=O)[C@@H](c1ccc(Cl)cc1)[C@@H]1[C@@H]3CC[C@@H](C3)[C@@H]1S2)Nc1cccc(C(F)(F)F)c1. The lowest BCUT2D eigenvalue weighted by atomic mass is 9.75. The summed E-state index contributed by atoms with van der Waals surface area (Å²) in [6.07, 6.45) is -0.914. The molecule has 1 N–H and O–H groups in total. The molecule has 36 heavy (non-hydrogen) atoms. The number of aromatic nitrogens is 1. The van der Waals surface area contributed by atoms with Crippen molar-refractivity contribution < 1.29 is 18.0 Å². The van der Waals surface area contributed by atoms with Gasteiger partial charge in [0, 0.05) is 26.8 Å². The predicted molar refractivity (Wildman–Crippen MR) is 136 cm³/mol. The summed E-state index contributed by atoms with van der Waals surface area (Å²) in [5, 5.41) is 4.39. The zero-order valence-electron chi connectivity index (χ0n) is 18.9. The van der Waals surface area contributed by atoms with Crippen molar-refractivity contribution >= 4 is 46.3 Å². The Morgan fingerprint density at radius 3 is 2.61 bits per heavy atom. The molecule has 2 bridgehead atoms. The molecule has 4 nitrogen and oxygen atoms in total. The quantitative estimate of drug-likeness (QED) is 0.385. The molecule has 0 spiro atoms. The number of nitrogens with zero attached hydrogens (tertiary/aromatic N) is 1. The molecular formula is C26H22ClF3N2O2S2. The van der Waals surface area contributed by atoms with E-state index in [1.54, 1.807) is 11.8 Å². The van der Waals surface area contributed by atoms with E-state index in [1.165, 1.54) is 47.3 Å². The summed E-state index contributed by atoms with van der Waals surface area (Å²) in [6, 6.07) is 12.3. The van der Waals surface area contributed by atoms with Crippen LogP contribution in [0.15, 0.2) is 58.4 Å². The van der Waals surface area contributed by atoms with Crippen LogP contribution < -0.4 is 10.2 Å². The lowest BCUT2D eigenvalue weighted by molar-refractivity contribution is -0.137. The molecule has 2 aliphatic carbocycles. The molecule has 0 unspecified atom stereocenters. The van der Waals surface area contributed by atoms with Crippen molar-refractivity contribution in [3.05, 3.63) is 79.2 Å². The van der Waals surface area contributed by atoms with Gasteiger partial charge in [0.05, 0.1) is 10.6 Å². The minimum atomic E-state index is -4.51. The standard InChI is InChI=1S/C26H22ClF3N2O2S2/c27-17-8-6-13(7-9-17)20-21-14-4-5-15(10-14)22(21)35-24-23(20)36-25(34)32(24)12-19(33)31-18-3-1-2-16(11-18)26(28,29)30/h1-3,6-9,11,14-15,20-22H,4-5,10,12H2,(H,31,33)/t14-,15+,20+,21+,22+/m1/s1. The third kappa shape index (κ3) is 4.19. The van der Waals surface area contributed by atoms with E-state index < -0.39 is 17.6 Å². The summed E-state index contributed by atoms with van der Waals surface area (Å²) in [6.45, 7) is -0.243. The minimum Gasteiger partial charge on any atom is -0.325 e. The molecule has 5 atom stereocenters. The van der Waals surface area contributed by atoms with E-state index in [1.807, 2.05) is 24.3 Å². The predicted octanol–water partition coefficient (Wildman–Crippen LogP) is 6.87. The van der Waals surface area contributed by atoms with Gasteiger partial charge in [0.1, 0.15) is 6.54 Å². The second kappa shape index (κ2) is 8.96. The van der Waals surface area contributed by atoms with Crippen LogP contribution in [0.2, 0.25) is 5.02 Å². The number of fused-ring (bicyclic) bond motifs is 6. The van der Waals surface area contributed by atoms with Crippen LogP contribution in [0.25, 0.3) is 0 Å². The summed E-state index contributed by atoms with van der Waals surface area (Å²) in [5.41, 5.74) is 0.339. The second-order valence-corrected chi connectivity index (χ2v) is 12.4. The molecule has 0 radical (unpaired) electrons. The average molecular weight is 551 g/mol. The smallest absolute Gasteiger partial charge is 0.325 e. The molecule has 188 valence electrons. The van der Waals surface area contributed by atoms with E-state index in [9.17, 15) is 22.8 Å². The van der Waals surface area contributed by atoms with E-state index >= 15 is 0 Å². The number of carbonyl (C=O) groups excluding carboxylic acids is 1. The highest BCUT2D eigenvalue weighted by molar-refractivity contribution is 8.00. The number of halogens is 4. The molecule has 2 heterocycles. The molecule has 3 aromatic rings. The Morgan fingerprint density at radius 2 is 1.86 bits per heavy atom. The first-order chi connectivity index (χ1) is 17.2. The fraction of sp³-hybridized carbons (Fsp3) is 0.385. The van der Waals surface area contributed by atoms with Crippen LogP contribution in [-0.4, -0.2) is 15.7 Å². The molecule has 2 aromatic carbocycles. The molecule has 2 fully saturated rings. The van der Waals surface area contributed by atoms with Gasteiger partial charge in [-0.05, 0) is 72.9 Å². The van der Waals surface area contributed by atoms with E-state index in [4.69, 9.17) is 11.6 Å². The lowest BCUT2D eigenvalue weighted by Gasteiger charge is -2.40. The van der Waals surface area contributed by atoms with Crippen LogP contribution in [0, 0.1) is 17.8 Å². The number of anilines is 1. The van der Waals surface area contributed by atoms with Crippen molar-refractivity contribution in [1.82, 2.24) is 4.57 Å². The van der Waals surface area contributed by atoms with E-state index in [0.717, 1.165) is 27.6 Å². The van der Waals surface area contributed by atoms with Crippen LogP contribution in [0.4, 0.5) is 18.9 Å². The highest BCUT2D eigenvalue weighted by Gasteiger charge is 2.55. The average Bonchev–Trinajstić information content (AvgIpc) is 3.52. The van der Waals surface area contributed by atoms with Crippen molar-refractivity contribution in [3.63, 3.8) is 0 Å². The van der Waals surface area contributed by atoms with Crippen molar-refractivity contribution in [1.29, 1.82) is 0 Å². The normalized spacial score (nSPS) is 26.5. The van der Waals surface area contributed by atoms with Crippen LogP contribution in [0.1, 0.15) is 41.2 Å². The van der Waals surface area contributed by atoms with Crippen molar-refractivity contribution in [2.75, 3.05) is 5.32 Å². The summed E-state index contributed by atoms with van der Waals surface area (Å²) >= 11 is 9.04. The molecular weight excluding hydrogens is 529 g/mol. The second-order valence-electron chi connectivity index (χ2n) is 9.77. The maximum atomic E-state index is 13.1. The molecule has 1 aromatic heterocycles. The zero-order chi connectivity index (χ0) is 25.2. The molecule has 1 amide bonds. The fourth-order valence-corrected chi connectivity index (χ4v) is 9.52. The summed E-state index contributed by atoms with van der Waals surface area (Å²) in [7, 11) is 0. The van der Waals surface area contributed by atoms with Crippen LogP contribution in [0.5, 0.6) is 0 Å². The van der Waals surface area contributed by atoms with Crippen LogP contribution in [0.3, 0.4) is 0 Å². The number of rotatable bonds is 4. The highest BCUT2D eigenvalue weighted by Crippen LogP contribution is 2.64. The van der Waals surface area contributed by atoms with Gasteiger partial charge in [-0.1, -0.05) is 41.1 Å². The van der Waals surface area contributed by atoms with Gasteiger partial charge in [0.2, 0.25) is 5.91 Å². The third-order valence-corrected chi connectivity index (χ3v) is 10.8. The monoisotopic (exact) mass is 550 g/mol. The number of amides is 1. The molecule has 1 aliphatic heterocycles. The summed E-state index contributed by atoms with van der Waals surface area (Å²) in [5.74, 6) is 1.19. The van der Waals surface area contributed by atoms with Crippen molar-refractivity contribution in [2.45, 2.75) is 48.2 Å². The van der Waals surface area contributed by atoms with Gasteiger partial charge < -0.3 is 5.32 Å². The first-order valence-corrected chi connectivity index (χ1v) is 13.9. The van der Waals surface area contributed by atoms with Crippen molar-refractivity contribution in [2.24, 2.45) is 17.8 Å². The number of thioether (sulfide) groups is 1. The number of thiazole rings is 1. The first kappa shape index (κ1) is 24.1. The number of hydrogen-bond acceptors (Lipinski definition) is 4. The Balaban J connectivity index is 1.32. The maximum Gasteiger partial charge on any atom is 0.416 e. The first-order valence-electron chi connectivity index (χ1n) is 11.8. The van der Waals surface area contributed by atoms with Gasteiger partial charge in [-0.3, -0.25) is 14.2 Å². The summed E-state index contributed by atoms with van der Waals surface area (Å²) < 4.78 is 40.7. The molecule has 0 saturated heterocycles. The van der Waals surface area contributed by atoms with Crippen LogP contribution in [-0.2, 0) is 17.5 Å². The Kier molecular flexibility index (Phi) is 6.00. The fourth-order valence-electron chi connectivity index (χ4n) is 6.25. The maximum absolute atomic E-state index is 13.1. The van der Waals surface area contributed by atoms with E-state index in [2.05, 4.69) is 5.32 Å². The minimum absolute atomic E-state index is 0.0480. The van der Waals surface area contributed by atoms with E-state index in [0.29, 0.717) is 28.0 Å². The highest BCUT2D eigenvalue weighted by atomic mass is 35.5. The Hall–Kier alpha value is -2.23. The van der Waals surface area contributed by atoms with Gasteiger partial charge >= 0.3 is 11.0 Å². The molecule has 3 aliphatic rings. The molecule has 6 rings (SSSR count). The number of hydrogen-bond donors (Lipinski definition) is 1. The number of carbonyl (C=O) groups is 1. The van der Waals surface area contributed by atoms with Gasteiger partial charge in [0.25, 0.3) is 0 Å².